The Hall–Kier alpha value is -3.12. The van der Waals surface area contributed by atoms with Crippen molar-refractivity contribution < 1.29 is 14.3 Å². The predicted octanol–water partition coefficient (Wildman–Crippen LogP) is 3.41. The van der Waals surface area contributed by atoms with Gasteiger partial charge in [-0.25, -0.2) is 0 Å². The van der Waals surface area contributed by atoms with Crippen LogP contribution >= 0.6 is 0 Å². The standard InChI is InChI=1S/C24H27N3O3/c1-18-8-10-19(11-9-18)15-29-16-22-21-14-27(13-12-23(21)26(2)25-22)24(28)17-30-20-6-4-3-5-7-20/h3-11H,12-17H2,1-2H3. The highest BCUT2D eigenvalue weighted by Gasteiger charge is 2.26. The molecule has 0 saturated heterocycles. The minimum Gasteiger partial charge on any atom is -0.484 e. The summed E-state index contributed by atoms with van der Waals surface area (Å²) >= 11 is 0. The van der Waals surface area contributed by atoms with E-state index in [4.69, 9.17) is 9.47 Å². The Morgan fingerprint density at radius 1 is 1.07 bits per heavy atom. The number of carbonyl (C=O) groups excluding carboxylic acids is 1. The summed E-state index contributed by atoms with van der Waals surface area (Å²) in [6, 6.07) is 17.7. The number of carbonyl (C=O) groups is 1. The number of benzene rings is 2. The number of rotatable bonds is 7. The zero-order valence-electron chi connectivity index (χ0n) is 17.5. The van der Waals surface area contributed by atoms with Crippen LogP contribution in [0.25, 0.3) is 0 Å². The molecule has 1 aliphatic heterocycles. The van der Waals surface area contributed by atoms with E-state index in [0.29, 0.717) is 32.1 Å². The van der Waals surface area contributed by atoms with Crippen molar-refractivity contribution in [2.45, 2.75) is 33.1 Å². The molecule has 3 aromatic rings. The van der Waals surface area contributed by atoms with E-state index in [1.165, 1.54) is 11.3 Å². The van der Waals surface area contributed by atoms with Crippen LogP contribution in [0.5, 0.6) is 5.75 Å². The number of ether oxygens (including phenoxy) is 2. The van der Waals surface area contributed by atoms with E-state index >= 15 is 0 Å². The van der Waals surface area contributed by atoms with E-state index in [-0.39, 0.29) is 12.5 Å². The molecule has 2 aromatic carbocycles. The van der Waals surface area contributed by atoms with Crippen molar-refractivity contribution in [2.75, 3.05) is 13.2 Å². The van der Waals surface area contributed by atoms with E-state index < -0.39 is 0 Å². The average molecular weight is 405 g/mol. The molecule has 0 fully saturated rings. The summed E-state index contributed by atoms with van der Waals surface area (Å²) < 4.78 is 13.5. The fourth-order valence-corrected chi connectivity index (χ4v) is 3.70. The molecule has 30 heavy (non-hydrogen) atoms. The normalized spacial score (nSPS) is 13.2. The molecule has 1 amide bonds. The third kappa shape index (κ3) is 4.71. The fraction of sp³-hybridized carbons (Fsp3) is 0.333. The lowest BCUT2D eigenvalue weighted by molar-refractivity contribution is -0.134. The van der Waals surface area contributed by atoms with E-state index in [9.17, 15) is 4.79 Å². The maximum atomic E-state index is 12.7. The van der Waals surface area contributed by atoms with Gasteiger partial charge in [-0.05, 0) is 24.6 Å². The van der Waals surface area contributed by atoms with Crippen LogP contribution < -0.4 is 4.74 Å². The highest BCUT2D eigenvalue weighted by molar-refractivity contribution is 5.78. The van der Waals surface area contributed by atoms with Crippen molar-refractivity contribution in [3.05, 3.63) is 82.7 Å². The molecule has 0 bridgehead atoms. The molecule has 0 saturated carbocycles. The first-order chi connectivity index (χ1) is 14.6. The van der Waals surface area contributed by atoms with Gasteiger partial charge in [0.15, 0.2) is 6.61 Å². The van der Waals surface area contributed by atoms with Crippen LogP contribution in [0.4, 0.5) is 0 Å². The van der Waals surface area contributed by atoms with Crippen LogP contribution in [0.1, 0.15) is 28.1 Å². The monoisotopic (exact) mass is 405 g/mol. The first-order valence-electron chi connectivity index (χ1n) is 10.2. The van der Waals surface area contributed by atoms with E-state index in [2.05, 4.69) is 36.3 Å². The topological polar surface area (TPSA) is 56.6 Å². The fourth-order valence-electron chi connectivity index (χ4n) is 3.70. The number of para-hydroxylation sites is 1. The van der Waals surface area contributed by atoms with Crippen LogP contribution in [0.3, 0.4) is 0 Å². The quantitative estimate of drug-likeness (QED) is 0.605. The Balaban J connectivity index is 1.36. The first-order valence-corrected chi connectivity index (χ1v) is 10.2. The number of hydrogen-bond donors (Lipinski definition) is 0. The molecule has 0 radical (unpaired) electrons. The molecule has 6 heteroatoms. The minimum absolute atomic E-state index is 0.0140. The van der Waals surface area contributed by atoms with Crippen molar-refractivity contribution >= 4 is 5.91 Å². The Labute approximate surface area is 177 Å². The van der Waals surface area contributed by atoms with Gasteiger partial charge in [-0.1, -0.05) is 48.0 Å². The summed E-state index contributed by atoms with van der Waals surface area (Å²) in [4.78, 5) is 14.5. The van der Waals surface area contributed by atoms with Crippen LogP contribution in [0.2, 0.25) is 0 Å². The van der Waals surface area contributed by atoms with Crippen LogP contribution in [-0.2, 0) is 42.8 Å². The molecule has 156 valence electrons. The van der Waals surface area contributed by atoms with Crippen molar-refractivity contribution in [1.29, 1.82) is 0 Å². The molecule has 4 rings (SSSR count). The van der Waals surface area contributed by atoms with Gasteiger partial charge in [0.05, 0.1) is 18.9 Å². The first kappa shape index (κ1) is 20.2. The molecular formula is C24H27N3O3. The summed E-state index contributed by atoms with van der Waals surface area (Å²) in [7, 11) is 1.96. The average Bonchev–Trinajstić information content (AvgIpc) is 3.09. The molecular weight excluding hydrogens is 378 g/mol. The van der Waals surface area contributed by atoms with Crippen LogP contribution in [0.15, 0.2) is 54.6 Å². The molecule has 0 N–H and O–H groups in total. The number of fused-ring (bicyclic) bond motifs is 1. The summed E-state index contributed by atoms with van der Waals surface area (Å²) in [6.45, 7) is 4.30. The number of aromatic nitrogens is 2. The largest absolute Gasteiger partial charge is 0.484 e. The van der Waals surface area contributed by atoms with Gasteiger partial charge in [0.2, 0.25) is 0 Å². The number of amides is 1. The molecule has 0 spiro atoms. The van der Waals surface area contributed by atoms with Gasteiger partial charge in [-0.3, -0.25) is 9.48 Å². The maximum absolute atomic E-state index is 12.7. The van der Waals surface area contributed by atoms with Gasteiger partial charge >= 0.3 is 0 Å². The second-order valence-corrected chi connectivity index (χ2v) is 7.64. The van der Waals surface area contributed by atoms with Gasteiger partial charge in [0.1, 0.15) is 5.75 Å². The van der Waals surface area contributed by atoms with Crippen LogP contribution in [0, 0.1) is 6.92 Å². The second kappa shape index (κ2) is 9.13. The van der Waals surface area contributed by atoms with E-state index in [1.54, 1.807) is 0 Å². The van der Waals surface area contributed by atoms with Gasteiger partial charge < -0.3 is 14.4 Å². The van der Waals surface area contributed by atoms with E-state index in [1.807, 2.05) is 47.0 Å². The highest BCUT2D eigenvalue weighted by Crippen LogP contribution is 2.23. The smallest absolute Gasteiger partial charge is 0.260 e. The highest BCUT2D eigenvalue weighted by atomic mass is 16.5. The lowest BCUT2D eigenvalue weighted by atomic mass is 10.1. The van der Waals surface area contributed by atoms with Crippen molar-refractivity contribution in [2.24, 2.45) is 7.05 Å². The molecule has 0 atom stereocenters. The summed E-state index contributed by atoms with van der Waals surface area (Å²) in [5.41, 5.74) is 5.55. The van der Waals surface area contributed by atoms with Crippen molar-refractivity contribution in [3.63, 3.8) is 0 Å². The molecule has 2 heterocycles. The van der Waals surface area contributed by atoms with Gasteiger partial charge in [-0.2, -0.15) is 5.10 Å². The number of aryl methyl sites for hydroxylation is 2. The molecule has 6 nitrogen and oxygen atoms in total. The Morgan fingerprint density at radius 3 is 2.60 bits per heavy atom. The Bertz CT molecular complexity index is 997. The molecule has 0 unspecified atom stereocenters. The van der Waals surface area contributed by atoms with Crippen LogP contribution in [-0.4, -0.2) is 33.7 Å². The third-order valence-corrected chi connectivity index (χ3v) is 5.41. The summed E-state index contributed by atoms with van der Waals surface area (Å²) in [5, 5.41) is 4.65. The number of nitrogens with zero attached hydrogens (tertiary/aromatic N) is 3. The van der Waals surface area contributed by atoms with Gasteiger partial charge in [0, 0.05) is 37.8 Å². The SMILES string of the molecule is Cc1ccc(COCc2nn(C)c3c2CN(C(=O)COc2ccccc2)CC3)cc1. The van der Waals surface area contributed by atoms with Crippen molar-refractivity contribution in [3.8, 4) is 5.75 Å². The Kier molecular flexibility index (Phi) is 6.14. The molecule has 0 aliphatic carbocycles. The summed E-state index contributed by atoms with van der Waals surface area (Å²) in [5.74, 6) is 0.690. The van der Waals surface area contributed by atoms with Crippen molar-refractivity contribution in [1.82, 2.24) is 14.7 Å². The minimum atomic E-state index is -0.0140. The predicted molar refractivity (Wildman–Crippen MR) is 114 cm³/mol. The zero-order valence-corrected chi connectivity index (χ0v) is 17.5. The third-order valence-electron chi connectivity index (χ3n) is 5.41. The zero-order chi connectivity index (χ0) is 20.9. The lowest BCUT2D eigenvalue weighted by Crippen LogP contribution is -2.39. The molecule has 1 aliphatic rings. The van der Waals surface area contributed by atoms with Gasteiger partial charge in [0.25, 0.3) is 5.91 Å². The summed E-state index contributed by atoms with van der Waals surface area (Å²) in [6.07, 6.45) is 0.786. The maximum Gasteiger partial charge on any atom is 0.260 e. The molecule has 1 aromatic heterocycles. The second-order valence-electron chi connectivity index (χ2n) is 7.64. The number of hydrogen-bond acceptors (Lipinski definition) is 4. The Morgan fingerprint density at radius 2 is 1.83 bits per heavy atom. The lowest BCUT2D eigenvalue weighted by Gasteiger charge is -2.27. The van der Waals surface area contributed by atoms with E-state index in [0.717, 1.165) is 23.2 Å². The van der Waals surface area contributed by atoms with Gasteiger partial charge in [-0.15, -0.1) is 0 Å².